The molecule has 3 aromatic rings. The van der Waals surface area contributed by atoms with Gasteiger partial charge in [0.1, 0.15) is 17.7 Å². The number of aromatic amines is 1. The van der Waals surface area contributed by atoms with Crippen molar-refractivity contribution in [2.45, 2.75) is 42.6 Å². The second kappa shape index (κ2) is 10.5. The number of H-pyrrole nitrogens is 1. The highest BCUT2D eigenvalue weighted by atomic mass is 35.5. The average Bonchev–Trinajstić information content (AvgIpc) is 3.23. The molecule has 11 heteroatoms. The van der Waals surface area contributed by atoms with Crippen molar-refractivity contribution < 1.29 is 23.5 Å². The van der Waals surface area contributed by atoms with Crippen molar-refractivity contribution in [2.75, 3.05) is 5.32 Å². The predicted molar refractivity (Wildman–Crippen MR) is 126 cm³/mol. The average molecular weight is 509 g/mol. The molecule has 0 aliphatic rings. The molecule has 0 aliphatic carbocycles. The predicted octanol–water partition coefficient (Wildman–Crippen LogP) is 4.55. The smallest absolute Gasteiger partial charge is 0.254 e. The van der Waals surface area contributed by atoms with Gasteiger partial charge in [-0.15, -0.1) is 11.8 Å². The quantitative estimate of drug-likeness (QED) is 0.334. The summed E-state index contributed by atoms with van der Waals surface area (Å²) >= 11 is 7.51. The number of thioether (sulfide) groups is 1. The molecule has 1 heterocycles. The zero-order valence-corrected chi connectivity index (χ0v) is 20.1. The zero-order chi connectivity index (χ0) is 25.0. The van der Waals surface area contributed by atoms with E-state index >= 15 is 0 Å². The van der Waals surface area contributed by atoms with Gasteiger partial charge >= 0.3 is 0 Å². The number of carbonyl (C=O) groups is 2. The minimum atomic E-state index is -1.84. The third-order valence-electron chi connectivity index (χ3n) is 4.87. The van der Waals surface area contributed by atoms with Crippen LogP contribution in [-0.2, 0) is 14.3 Å². The van der Waals surface area contributed by atoms with Crippen LogP contribution in [0, 0.1) is 11.6 Å². The second-order valence-corrected chi connectivity index (χ2v) is 10.2. The van der Waals surface area contributed by atoms with E-state index in [1.165, 1.54) is 6.92 Å². The molecular formula is C23H23ClF2N4O3S. The van der Waals surface area contributed by atoms with E-state index in [9.17, 15) is 23.5 Å². The number of aliphatic hydroxyl groups is 1. The fourth-order valence-electron chi connectivity index (χ4n) is 3.02. The molecule has 2 aromatic carbocycles. The first-order chi connectivity index (χ1) is 15.9. The molecule has 1 aromatic heterocycles. The van der Waals surface area contributed by atoms with Crippen LogP contribution in [-0.4, -0.2) is 33.2 Å². The molecule has 3 rings (SSSR count). The molecule has 0 fully saturated rings. The van der Waals surface area contributed by atoms with Gasteiger partial charge in [-0.2, -0.15) is 5.10 Å². The van der Waals surface area contributed by atoms with E-state index in [-0.39, 0.29) is 11.4 Å². The molecule has 7 nitrogen and oxygen atoms in total. The highest BCUT2D eigenvalue weighted by molar-refractivity contribution is 8.00. The highest BCUT2D eigenvalue weighted by Gasteiger charge is 2.27. The Kier molecular flexibility index (Phi) is 7.96. The molecule has 0 spiro atoms. The number of aromatic nitrogens is 2. The summed E-state index contributed by atoms with van der Waals surface area (Å²) < 4.78 is 26.3. The van der Waals surface area contributed by atoms with Crippen LogP contribution >= 0.6 is 23.4 Å². The van der Waals surface area contributed by atoms with Crippen molar-refractivity contribution >= 4 is 41.0 Å². The number of nitrogens with one attached hydrogen (secondary N) is 3. The summed E-state index contributed by atoms with van der Waals surface area (Å²) in [5, 5.41) is 22.6. The minimum Gasteiger partial charge on any atom is -0.378 e. The summed E-state index contributed by atoms with van der Waals surface area (Å²) in [5.74, 6) is -3.18. The monoisotopic (exact) mass is 508 g/mol. The zero-order valence-electron chi connectivity index (χ0n) is 18.5. The van der Waals surface area contributed by atoms with Crippen LogP contribution in [0.4, 0.5) is 14.6 Å². The van der Waals surface area contributed by atoms with Crippen molar-refractivity contribution in [3.63, 3.8) is 0 Å². The van der Waals surface area contributed by atoms with Crippen molar-refractivity contribution in [3.05, 3.63) is 76.4 Å². The van der Waals surface area contributed by atoms with Crippen molar-refractivity contribution in [1.82, 2.24) is 15.5 Å². The number of anilines is 1. The number of hydrogen-bond acceptors (Lipinski definition) is 5. The Hall–Kier alpha value is -2.95. The summed E-state index contributed by atoms with van der Waals surface area (Å²) in [6.07, 6.45) is -1.84. The van der Waals surface area contributed by atoms with Gasteiger partial charge in [-0.1, -0.05) is 11.6 Å². The van der Waals surface area contributed by atoms with E-state index in [0.29, 0.717) is 11.1 Å². The molecule has 2 atom stereocenters. The number of halogens is 3. The normalized spacial score (nSPS) is 13.3. The van der Waals surface area contributed by atoms with Gasteiger partial charge in [0.05, 0.1) is 10.4 Å². The molecule has 0 saturated carbocycles. The number of rotatable bonds is 8. The van der Waals surface area contributed by atoms with Crippen molar-refractivity contribution in [3.8, 4) is 0 Å². The van der Waals surface area contributed by atoms with E-state index in [1.807, 2.05) is 26.0 Å². The van der Waals surface area contributed by atoms with Gasteiger partial charge in [0.25, 0.3) is 5.91 Å². The molecule has 4 N–H and O–H groups in total. The van der Waals surface area contributed by atoms with Gasteiger partial charge in [0.2, 0.25) is 5.91 Å². The largest absolute Gasteiger partial charge is 0.378 e. The lowest BCUT2D eigenvalue weighted by Crippen LogP contribution is -2.43. The number of carbonyl (C=O) groups excluding carboxylic acids is 2. The summed E-state index contributed by atoms with van der Waals surface area (Å²) in [6, 6.07) is 10.3. The number of amides is 2. The Morgan fingerprint density at radius 1 is 1.09 bits per heavy atom. The maximum Gasteiger partial charge on any atom is 0.254 e. The third-order valence-corrected chi connectivity index (χ3v) is 6.36. The van der Waals surface area contributed by atoms with E-state index in [4.69, 9.17) is 11.6 Å². The van der Waals surface area contributed by atoms with E-state index < -0.39 is 40.3 Å². The van der Waals surface area contributed by atoms with Crippen molar-refractivity contribution in [2.24, 2.45) is 0 Å². The van der Waals surface area contributed by atoms with E-state index in [2.05, 4.69) is 20.8 Å². The molecule has 1 unspecified atom stereocenters. The third kappa shape index (κ3) is 6.55. The van der Waals surface area contributed by atoms with Crippen LogP contribution in [0.5, 0.6) is 0 Å². The van der Waals surface area contributed by atoms with E-state index in [0.717, 1.165) is 22.7 Å². The molecule has 0 bridgehead atoms. The van der Waals surface area contributed by atoms with Crippen LogP contribution in [0.1, 0.15) is 38.1 Å². The minimum absolute atomic E-state index is 0.249. The van der Waals surface area contributed by atoms with Crippen LogP contribution in [0.2, 0.25) is 5.02 Å². The van der Waals surface area contributed by atoms with Gasteiger partial charge in [-0.05, 0) is 62.7 Å². The molecule has 0 aliphatic heterocycles. The first-order valence-electron chi connectivity index (χ1n) is 10.2. The lowest BCUT2D eigenvalue weighted by Gasteiger charge is -2.22. The Morgan fingerprint density at radius 2 is 1.71 bits per heavy atom. The SMILES string of the molecule is C[C@H](NC(=O)C(O)c1cc(F)cc(F)c1)C(=O)Nc1cc(C(C)(C)Sc2ccc(Cl)cc2)[nH]n1. The van der Waals surface area contributed by atoms with Crippen LogP contribution < -0.4 is 10.6 Å². The first kappa shape index (κ1) is 25.7. The number of benzene rings is 2. The maximum absolute atomic E-state index is 13.3. The van der Waals surface area contributed by atoms with Crippen LogP contribution in [0.25, 0.3) is 0 Å². The lowest BCUT2D eigenvalue weighted by molar-refractivity contribution is -0.132. The summed E-state index contributed by atoms with van der Waals surface area (Å²) in [7, 11) is 0. The molecular weight excluding hydrogens is 486 g/mol. The topological polar surface area (TPSA) is 107 Å². The second-order valence-electron chi connectivity index (χ2n) is 8.06. The van der Waals surface area contributed by atoms with Gasteiger partial charge in [0.15, 0.2) is 11.9 Å². The van der Waals surface area contributed by atoms with Crippen molar-refractivity contribution in [1.29, 1.82) is 0 Å². The number of hydrogen-bond donors (Lipinski definition) is 4. The highest BCUT2D eigenvalue weighted by Crippen LogP contribution is 2.40. The number of nitrogens with zero attached hydrogens (tertiary/aromatic N) is 1. The fourth-order valence-corrected chi connectivity index (χ4v) is 4.23. The fraction of sp³-hybridized carbons (Fsp3) is 0.261. The first-order valence-corrected chi connectivity index (χ1v) is 11.4. The van der Waals surface area contributed by atoms with Gasteiger partial charge in [-0.25, -0.2) is 8.78 Å². The standard InChI is InChI=1S/C23H23ClF2N4O3S/c1-12(27-22(33)20(31)13-8-15(25)10-16(26)9-13)21(32)28-19-11-18(29-30-19)23(2,3)34-17-6-4-14(24)5-7-17/h4-12,20,31H,1-3H3,(H,27,33)(H2,28,29,30,32)/t12-,20?/m0/s1. The van der Waals surface area contributed by atoms with Crippen LogP contribution in [0.15, 0.2) is 53.4 Å². The lowest BCUT2D eigenvalue weighted by atomic mass is 10.1. The Bertz CT molecular complexity index is 1170. The Labute approximate surface area is 204 Å². The summed E-state index contributed by atoms with van der Waals surface area (Å²) in [6.45, 7) is 5.38. The molecule has 2 amide bonds. The molecule has 0 radical (unpaired) electrons. The summed E-state index contributed by atoms with van der Waals surface area (Å²) in [5.41, 5.74) is 0.489. The summed E-state index contributed by atoms with van der Waals surface area (Å²) in [4.78, 5) is 25.7. The molecule has 0 saturated heterocycles. The Morgan fingerprint density at radius 3 is 2.32 bits per heavy atom. The molecule has 34 heavy (non-hydrogen) atoms. The molecule has 180 valence electrons. The van der Waals surface area contributed by atoms with Gasteiger partial charge < -0.3 is 15.7 Å². The van der Waals surface area contributed by atoms with Gasteiger partial charge in [0, 0.05) is 22.1 Å². The Balaban J connectivity index is 1.60. The van der Waals surface area contributed by atoms with Crippen LogP contribution in [0.3, 0.4) is 0 Å². The maximum atomic E-state index is 13.3. The number of aliphatic hydroxyl groups excluding tert-OH is 1. The van der Waals surface area contributed by atoms with E-state index in [1.54, 1.807) is 30.0 Å². The van der Waals surface area contributed by atoms with Gasteiger partial charge in [-0.3, -0.25) is 14.7 Å².